The van der Waals surface area contributed by atoms with Crippen molar-refractivity contribution in [3.8, 4) is 34.1 Å². The summed E-state index contributed by atoms with van der Waals surface area (Å²) in [6.45, 7) is 6.24. The molecule has 1 saturated carbocycles. The number of fused-ring (bicyclic) bond motifs is 2. The zero-order valence-corrected chi connectivity index (χ0v) is 28.0. The molecule has 4 aromatic carbocycles. The van der Waals surface area contributed by atoms with Crippen molar-refractivity contribution in [2.24, 2.45) is 0 Å². The van der Waals surface area contributed by atoms with E-state index in [4.69, 9.17) is 19.9 Å². The first-order valence-corrected chi connectivity index (χ1v) is 16.8. The molecular formula is C39H43F2N3O4. The number of amides is 1. The summed E-state index contributed by atoms with van der Waals surface area (Å²) >= 11 is 0. The molecule has 4 aromatic rings. The van der Waals surface area contributed by atoms with Gasteiger partial charge in [0, 0.05) is 30.4 Å². The lowest BCUT2D eigenvalue weighted by atomic mass is 9.65. The molecule has 2 N–H and O–H groups in total. The Labute approximate surface area is 281 Å². The first-order chi connectivity index (χ1) is 23.2. The molecule has 0 atom stereocenters. The number of piperidine rings is 1. The van der Waals surface area contributed by atoms with Gasteiger partial charge in [0.15, 0.2) is 11.6 Å². The molecule has 7 nitrogen and oxygen atoms in total. The Balaban J connectivity index is 0.00000197. The number of hydrogen-bond donors (Lipinski definition) is 1. The van der Waals surface area contributed by atoms with Crippen LogP contribution in [0.15, 0.2) is 72.8 Å². The second-order valence-corrected chi connectivity index (χ2v) is 12.6. The van der Waals surface area contributed by atoms with Crippen molar-refractivity contribution in [3.63, 3.8) is 0 Å². The first kappa shape index (κ1) is 33.3. The third-order valence-electron chi connectivity index (χ3n) is 9.61. The highest BCUT2D eigenvalue weighted by Gasteiger charge is 2.55. The lowest BCUT2D eigenvalue weighted by Gasteiger charge is -2.37. The van der Waals surface area contributed by atoms with E-state index in [1.54, 1.807) is 25.3 Å². The van der Waals surface area contributed by atoms with Gasteiger partial charge >= 0.3 is 0 Å². The molecule has 9 heteroatoms. The van der Waals surface area contributed by atoms with E-state index >= 15 is 0 Å². The van der Waals surface area contributed by atoms with Crippen molar-refractivity contribution < 1.29 is 27.8 Å². The minimum absolute atomic E-state index is 0.0173. The molecule has 0 radical (unpaired) electrons. The molecule has 0 unspecified atom stereocenters. The molecule has 0 bridgehead atoms. The Morgan fingerprint density at radius 3 is 2.25 bits per heavy atom. The second kappa shape index (κ2) is 13.8. The van der Waals surface area contributed by atoms with E-state index in [9.17, 15) is 13.6 Å². The fourth-order valence-electron chi connectivity index (χ4n) is 6.87. The molecule has 1 spiro atoms. The lowest BCUT2D eigenvalue weighted by Crippen LogP contribution is -2.44. The Kier molecular flexibility index (Phi) is 9.60. The van der Waals surface area contributed by atoms with Gasteiger partial charge in [-0.25, -0.2) is 8.78 Å². The second-order valence-electron chi connectivity index (χ2n) is 12.6. The predicted octanol–water partition coefficient (Wildman–Crippen LogP) is 8.48. The van der Waals surface area contributed by atoms with Gasteiger partial charge < -0.3 is 29.7 Å². The molecule has 252 valence electrons. The first-order valence-electron chi connectivity index (χ1n) is 16.8. The molecule has 48 heavy (non-hydrogen) atoms. The van der Waals surface area contributed by atoms with E-state index in [0.717, 1.165) is 85.5 Å². The molecule has 1 aliphatic carbocycles. The van der Waals surface area contributed by atoms with Crippen LogP contribution < -0.4 is 24.8 Å². The number of carbonyl (C=O) groups is 1. The topological polar surface area (TPSA) is 77.3 Å². The summed E-state index contributed by atoms with van der Waals surface area (Å²) in [5, 5.41) is 0. The van der Waals surface area contributed by atoms with Crippen LogP contribution in [-0.2, 0) is 16.8 Å². The fraction of sp³-hybridized carbons (Fsp3) is 0.359. The van der Waals surface area contributed by atoms with Gasteiger partial charge in [-0.05, 0) is 104 Å². The van der Waals surface area contributed by atoms with E-state index < -0.39 is 17.0 Å². The number of halogens is 2. The van der Waals surface area contributed by atoms with Gasteiger partial charge in [0.2, 0.25) is 5.91 Å². The highest BCUT2D eigenvalue weighted by molar-refractivity contribution is 6.10. The van der Waals surface area contributed by atoms with Crippen LogP contribution in [0.2, 0.25) is 0 Å². The maximum atomic E-state index is 14.7. The monoisotopic (exact) mass is 655 g/mol. The zero-order chi connectivity index (χ0) is 34.0. The highest BCUT2D eigenvalue weighted by Crippen LogP contribution is 2.58. The van der Waals surface area contributed by atoms with Crippen LogP contribution in [0.5, 0.6) is 23.0 Å². The number of nitrogens with two attached hydrogens (primary N) is 1. The molecule has 0 aromatic heterocycles. The number of anilines is 2. The predicted molar refractivity (Wildman–Crippen MR) is 185 cm³/mol. The number of nitrogen functional groups attached to an aromatic ring is 1. The normalized spacial score (nSPS) is 17.0. The number of hydrogen-bond acceptors (Lipinski definition) is 6. The van der Waals surface area contributed by atoms with E-state index in [1.165, 1.54) is 6.07 Å². The largest absolute Gasteiger partial charge is 0.497 e. The van der Waals surface area contributed by atoms with Crippen LogP contribution in [0.1, 0.15) is 57.1 Å². The van der Waals surface area contributed by atoms with Crippen molar-refractivity contribution in [1.29, 1.82) is 0 Å². The van der Waals surface area contributed by atoms with Crippen molar-refractivity contribution in [2.75, 3.05) is 37.9 Å². The average Bonchev–Trinajstić information content (AvgIpc) is 3.33. The molecule has 2 heterocycles. The Hall–Kier alpha value is -4.63. The third-order valence-corrected chi connectivity index (χ3v) is 9.61. The summed E-state index contributed by atoms with van der Waals surface area (Å²) in [5.41, 5.74) is 10.2. The standard InChI is InChI=1S/C37H37F2N3O4.C2H6/c1-41-16-12-28(13-17-41)45-34-19-24(29-21-26(40)7-11-32(29)46-33-10-6-25(38)20-31(33)39)18-30-35(34)42(36(43)37(30)14-3-15-37)22-23-4-8-27(44-2)9-5-23;1-2/h4-11,18-21,28H,3,12-17,22,40H2,1-2H3;1-2H3. The van der Waals surface area contributed by atoms with Crippen LogP contribution in [0.25, 0.3) is 11.1 Å². The number of benzene rings is 4. The summed E-state index contributed by atoms with van der Waals surface area (Å²) < 4.78 is 46.5. The summed E-state index contributed by atoms with van der Waals surface area (Å²) in [4.78, 5) is 18.5. The number of carbonyl (C=O) groups excluding carboxylic acids is 1. The van der Waals surface area contributed by atoms with E-state index in [-0.39, 0.29) is 17.8 Å². The van der Waals surface area contributed by atoms with E-state index in [1.807, 2.05) is 55.1 Å². The Morgan fingerprint density at radius 1 is 0.896 bits per heavy atom. The molecule has 3 aliphatic rings. The third kappa shape index (κ3) is 6.31. The average molecular weight is 656 g/mol. The molecule has 1 saturated heterocycles. The zero-order valence-electron chi connectivity index (χ0n) is 28.0. The van der Waals surface area contributed by atoms with Crippen LogP contribution in [0.3, 0.4) is 0 Å². The van der Waals surface area contributed by atoms with E-state index in [2.05, 4.69) is 11.9 Å². The van der Waals surface area contributed by atoms with E-state index in [0.29, 0.717) is 29.3 Å². The summed E-state index contributed by atoms with van der Waals surface area (Å²) in [6.07, 6.45) is 4.16. The fourth-order valence-corrected chi connectivity index (χ4v) is 6.87. The Bertz CT molecular complexity index is 1780. The molecular weight excluding hydrogens is 612 g/mol. The van der Waals surface area contributed by atoms with Crippen molar-refractivity contribution in [1.82, 2.24) is 4.90 Å². The van der Waals surface area contributed by atoms with Crippen LogP contribution in [0, 0.1) is 11.6 Å². The molecule has 1 amide bonds. The van der Waals surface area contributed by atoms with Crippen LogP contribution >= 0.6 is 0 Å². The Morgan fingerprint density at radius 2 is 1.60 bits per heavy atom. The number of likely N-dealkylation sites (tertiary alicyclic amines) is 1. The van der Waals surface area contributed by atoms with Crippen LogP contribution in [0.4, 0.5) is 20.2 Å². The van der Waals surface area contributed by atoms with Gasteiger partial charge in [0.1, 0.15) is 29.2 Å². The maximum absolute atomic E-state index is 14.7. The molecule has 7 rings (SSSR count). The van der Waals surface area contributed by atoms with Gasteiger partial charge in [-0.15, -0.1) is 0 Å². The lowest BCUT2D eigenvalue weighted by molar-refractivity contribution is -0.126. The highest BCUT2D eigenvalue weighted by atomic mass is 19.1. The quantitative estimate of drug-likeness (QED) is 0.192. The molecule has 2 aliphatic heterocycles. The number of methoxy groups -OCH3 is 1. The van der Waals surface area contributed by atoms with Crippen molar-refractivity contribution >= 4 is 17.3 Å². The van der Waals surface area contributed by atoms with Crippen LogP contribution in [-0.4, -0.2) is 44.2 Å². The van der Waals surface area contributed by atoms with Gasteiger partial charge in [0.25, 0.3) is 0 Å². The molecule has 2 fully saturated rings. The van der Waals surface area contributed by atoms with Gasteiger partial charge in [-0.2, -0.15) is 0 Å². The summed E-state index contributed by atoms with van der Waals surface area (Å²) in [5.74, 6) is 0.215. The van der Waals surface area contributed by atoms with Crippen molar-refractivity contribution in [2.45, 2.75) is 64.0 Å². The SMILES string of the molecule is CC.COc1ccc(CN2C(=O)C3(CCC3)c3cc(-c4cc(N)ccc4Oc4ccc(F)cc4F)cc(OC4CCN(C)CC4)c32)cc1. The number of nitrogens with zero attached hydrogens (tertiary/aromatic N) is 2. The minimum atomic E-state index is -0.809. The number of rotatable bonds is 8. The van der Waals surface area contributed by atoms with Crippen molar-refractivity contribution in [3.05, 3.63) is 95.6 Å². The van der Waals surface area contributed by atoms with Gasteiger partial charge in [-0.3, -0.25) is 4.79 Å². The summed E-state index contributed by atoms with van der Waals surface area (Å²) in [6, 6.07) is 20.1. The maximum Gasteiger partial charge on any atom is 0.238 e. The minimum Gasteiger partial charge on any atom is -0.497 e. The smallest absolute Gasteiger partial charge is 0.238 e. The number of ether oxygens (including phenoxy) is 3. The van der Waals surface area contributed by atoms with Gasteiger partial charge in [0.05, 0.1) is 24.8 Å². The summed E-state index contributed by atoms with van der Waals surface area (Å²) in [7, 11) is 3.74. The van der Waals surface area contributed by atoms with Gasteiger partial charge in [-0.1, -0.05) is 32.4 Å².